The minimum atomic E-state index is -0.480. The number of carbonyl (C=O) groups is 2. The van der Waals surface area contributed by atoms with Crippen molar-refractivity contribution in [2.45, 2.75) is 52.1 Å². The number of nitrogens with zero attached hydrogens (tertiary/aromatic N) is 2. The molecule has 2 rings (SSSR count). The van der Waals surface area contributed by atoms with Crippen molar-refractivity contribution in [3.05, 3.63) is 0 Å². The Morgan fingerprint density at radius 1 is 1.00 bits per heavy atom. The van der Waals surface area contributed by atoms with Gasteiger partial charge in [0.25, 0.3) is 0 Å². The highest BCUT2D eigenvalue weighted by Gasteiger charge is 2.35. The van der Waals surface area contributed by atoms with Gasteiger partial charge in [0.15, 0.2) is 0 Å². The summed E-state index contributed by atoms with van der Waals surface area (Å²) in [5.41, 5.74) is -0.480. The van der Waals surface area contributed by atoms with Gasteiger partial charge in [-0.25, -0.2) is 4.79 Å². The Morgan fingerprint density at radius 2 is 1.65 bits per heavy atom. The van der Waals surface area contributed by atoms with E-state index in [1.807, 2.05) is 25.7 Å². The van der Waals surface area contributed by atoms with Gasteiger partial charge in [-0.2, -0.15) is 0 Å². The molecule has 0 aliphatic carbocycles. The van der Waals surface area contributed by atoms with Crippen LogP contribution in [0.5, 0.6) is 0 Å². The van der Waals surface area contributed by atoms with Crippen molar-refractivity contribution in [2.75, 3.05) is 26.2 Å². The molecule has 0 spiro atoms. The fourth-order valence-electron chi connectivity index (χ4n) is 2.83. The number of hydrogen-bond acceptors (Lipinski definition) is 3. The molecule has 0 aromatic rings. The van der Waals surface area contributed by atoms with Gasteiger partial charge in [-0.1, -0.05) is 0 Å². The van der Waals surface area contributed by atoms with Gasteiger partial charge in [-0.3, -0.25) is 4.79 Å². The van der Waals surface area contributed by atoms with Crippen LogP contribution in [0.4, 0.5) is 4.79 Å². The maximum Gasteiger partial charge on any atom is 0.410 e. The lowest BCUT2D eigenvalue weighted by molar-refractivity contribution is -0.135. The predicted molar refractivity (Wildman–Crippen MR) is 76.3 cm³/mol. The smallest absolute Gasteiger partial charge is 0.410 e. The van der Waals surface area contributed by atoms with E-state index in [9.17, 15) is 9.59 Å². The zero-order valence-electron chi connectivity index (χ0n) is 12.9. The first-order valence-electron chi connectivity index (χ1n) is 7.63. The highest BCUT2D eigenvalue weighted by Crippen LogP contribution is 2.22. The van der Waals surface area contributed by atoms with Crippen molar-refractivity contribution < 1.29 is 14.3 Å². The molecule has 2 amide bonds. The summed E-state index contributed by atoms with van der Waals surface area (Å²) in [6.45, 7) is 8.46. The van der Waals surface area contributed by atoms with Crippen LogP contribution in [0.15, 0.2) is 0 Å². The number of rotatable bonds is 1. The van der Waals surface area contributed by atoms with Crippen LogP contribution in [0.2, 0.25) is 0 Å². The van der Waals surface area contributed by atoms with Gasteiger partial charge in [-0.05, 0) is 46.5 Å². The minimum Gasteiger partial charge on any atom is -0.444 e. The van der Waals surface area contributed by atoms with Gasteiger partial charge in [0, 0.05) is 26.2 Å². The fourth-order valence-corrected chi connectivity index (χ4v) is 2.83. The molecule has 0 aromatic heterocycles. The monoisotopic (exact) mass is 282 g/mol. The van der Waals surface area contributed by atoms with Crippen LogP contribution < -0.4 is 0 Å². The highest BCUT2D eigenvalue weighted by atomic mass is 16.6. The van der Waals surface area contributed by atoms with E-state index in [4.69, 9.17) is 4.74 Å². The molecular formula is C15H26N2O3. The molecule has 5 nitrogen and oxygen atoms in total. The van der Waals surface area contributed by atoms with Gasteiger partial charge in [0.05, 0.1) is 5.92 Å². The second kappa shape index (κ2) is 6.02. The van der Waals surface area contributed by atoms with Crippen LogP contribution in [0.25, 0.3) is 0 Å². The van der Waals surface area contributed by atoms with Crippen LogP contribution in [0.1, 0.15) is 46.5 Å². The van der Waals surface area contributed by atoms with Crippen molar-refractivity contribution in [1.29, 1.82) is 0 Å². The lowest BCUT2D eigenvalue weighted by atomic mass is 10.0. The van der Waals surface area contributed by atoms with E-state index >= 15 is 0 Å². The largest absolute Gasteiger partial charge is 0.444 e. The Balaban J connectivity index is 1.85. The lowest BCUT2D eigenvalue weighted by Crippen LogP contribution is -2.41. The first-order valence-corrected chi connectivity index (χ1v) is 7.63. The first-order chi connectivity index (χ1) is 9.37. The molecule has 1 unspecified atom stereocenters. The van der Waals surface area contributed by atoms with E-state index in [1.165, 1.54) is 6.42 Å². The average molecular weight is 282 g/mol. The van der Waals surface area contributed by atoms with Gasteiger partial charge >= 0.3 is 6.09 Å². The summed E-state index contributed by atoms with van der Waals surface area (Å²) >= 11 is 0. The van der Waals surface area contributed by atoms with Crippen LogP contribution in [-0.2, 0) is 9.53 Å². The van der Waals surface area contributed by atoms with E-state index in [-0.39, 0.29) is 17.9 Å². The maximum atomic E-state index is 12.4. The predicted octanol–water partition coefficient (Wildman–Crippen LogP) is 2.26. The zero-order chi connectivity index (χ0) is 14.8. The Morgan fingerprint density at radius 3 is 2.25 bits per heavy atom. The van der Waals surface area contributed by atoms with Gasteiger partial charge in [0.1, 0.15) is 5.60 Å². The quantitative estimate of drug-likeness (QED) is 0.741. The van der Waals surface area contributed by atoms with E-state index in [1.54, 1.807) is 4.90 Å². The number of likely N-dealkylation sites (tertiary alicyclic amines) is 2. The van der Waals surface area contributed by atoms with Gasteiger partial charge in [-0.15, -0.1) is 0 Å². The number of carbonyl (C=O) groups excluding carboxylic acids is 2. The van der Waals surface area contributed by atoms with E-state index in [2.05, 4.69) is 0 Å². The van der Waals surface area contributed by atoms with Crippen molar-refractivity contribution in [3.8, 4) is 0 Å². The Labute approximate surface area is 121 Å². The number of hydrogen-bond donors (Lipinski definition) is 0. The van der Waals surface area contributed by atoms with Crippen LogP contribution in [0, 0.1) is 5.92 Å². The average Bonchev–Trinajstić information content (AvgIpc) is 2.86. The van der Waals surface area contributed by atoms with E-state index < -0.39 is 5.60 Å². The summed E-state index contributed by atoms with van der Waals surface area (Å²) in [7, 11) is 0. The zero-order valence-corrected chi connectivity index (χ0v) is 12.9. The molecule has 2 aliphatic rings. The third-order valence-electron chi connectivity index (χ3n) is 3.86. The van der Waals surface area contributed by atoms with E-state index in [0.717, 1.165) is 32.4 Å². The first kappa shape index (κ1) is 15.1. The van der Waals surface area contributed by atoms with Crippen LogP contribution >= 0.6 is 0 Å². The summed E-state index contributed by atoms with van der Waals surface area (Å²) < 4.78 is 5.36. The second-order valence-corrected chi connectivity index (χ2v) is 6.80. The van der Waals surface area contributed by atoms with Crippen molar-refractivity contribution in [1.82, 2.24) is 9.80 Å². The number of piperidine rings is 1. The Hall–Kier alpha value is -1.26. The Bertz CT molecular complexity index is 370. The normalized spacial score (nSPS) is 23.9. The number of amides is 2. The second-order valence-electron chi connectivity index (χ2n) is 6.80. The van der Waals surface area contributed by atoms with Gasteiger partial charge < -0.3 is 14.5 Å². The topological polar surface area (TPSA) is 49.9 Å². The summed E-state index contributed by atoms with van der Waals surface area (Å²) in [5, 5.41) is 0. The summed E-state index contributed by atoms with van der Waals surface area (Å²) in [6, 6.07) is 0. The fraction of sp³-hybridized carbons (Fsp3) is 0.867. The lowest BCUT2D eigenvalue weighted by Gasteiger charge is -2.29. The molecule has 2 saturated heterocycles. The van der Waals surface area contributed by atoms with Crippen molar-refractivity contribution in [2.24, 2.45) is 5.92 Å². The summed E-state index contributed by atoms with van der Waals surface area (Å²) in [5.74, 6) is 0.177. The SMILES string of the molecule is CC(C)(C)OC(=O)N1CCC(C(=O)N2CCCCC2)C1. The molecule has 114 valence electrons. The third kappa shape index (κ3) is 3.87. The molecule has 2 heterocycles. The van der Waals surface area contributed by atoms with Gasteiger partial charge in [0.2, 0.25) is 5.91 Å². The Kier molecular flexibility index (Phi) is 4.55. The molecule has 5 heteroatoms. The highest BCUT2D eigenvalue weighted by molar-refractivity contribution is 5.80. The standard InChI is InChI=1S/C15H26N2O3/c1-15(2,3)20-14(19)17-10-7-12(11-17)13(18)16-8-5-4-6-9-16/h12H,4-11H2,1-3H3. The molecule has 2 aliphatic heterocycles. The van der Waals surface area contributed by atoms with E-state index in [0.29, 0.717) is 13.1 Å². The minimum absolute atomic E-state index is 0.0411. The molecule has 0 saturated carbocycles. The molecule has 0 aromatic carbocycles. The third-order valence-corrected chi connectivity index (χ3v) is 3.86. The summed E-state index contributed by atoms with van der Waals surface area (Å²) in [4.78, 5) is 28.0. The van der Waals surface area contributed by atoms with Crippen LogP contribution in [0.3, 0.4) is 0 Å². The molecule has 2 fully saturated rings. The summed E-state index contributed by atoms with van der Waals surface area (Å²) in [6.07, 6.45) is 3.89. The van der Waals surface area contributed by atoms with Crippen LogP contribution in [-0.4, -0.2) is 53.6 Å². The van der Waals surface area contributed by atoms with Crippen molar-refractivity contribution in [3.63, 3.8) is 0 Å². The maximum absolute atomic E-state index is 12.4. The molecule has 1 atom stereocenters. The molecule has 0 radical (unpaired) electrons. The molecule has 0 N–H and O–H groups in total. The van der Waals surface area contributed by atoms with Crippen molar-refractivity contribution >= 4 is 12.0 Å². The molecule has 0 bridgehead atoms. The number of ether oxygens (including phenoxy) is 1. The molecule has 20 heavy (non-hydrogen) atoms. The molecular weight excluding hydrogens is 256 g/mol.